The summed E-state index contributed by atoms with van der Waals surface area (Å²) in [7, 11) is 0. The number of halogens is 1. The molecule has 0 aromatic carbocycles. The zero-order valence-electron chi connectivity index (χ0n) is 8.05. The Labute approximate surface area is 88.8 Å². The highest BCUT2D eigenvalue weighted by molar-refractivity contribution is 14.1. The summed E-state index contributed by atoms with van der Waals surface area (Å²) in [4.78, 5) is 2.61. The second-order valence-electron chi connectivity index (χ2n) is 4.96. The van der Waals surface area contributed by atoms with E-state index in [-0.39, 0.29) is 0 Å². The van der Waals surface area contributed by atoms with Crippen LogP contribution < -0.4 is 0 Å². The SMILES string of the molecule is CC(C)(C)N1CC2CC(C1)N2I. The van der Waals surface area contributed by atoms with Crippen LogP contribution in [-0.4, -0.2) is 38.7 Å². The van der Waals surface area contributed by atoms with Gasteiger partial charge in [0, 0.05) is 53.6 Å². The molecule has 3 heteroatoms. The van der Waals surface area contributed by atoms with Crippen LogP contribution in [0.5, 0.6) is 0 Å². The largest absolute Gasteiger partial charge is 0.295 e. The van der Waals surface area contributed by atoms with Crippen LogP contribution in [0.4, 0.5) is 0 Å². The Morgan fingerprint density at radius 2 is 1.67 bits per heavy atom. The summed E-state index contributed by atoms with van der Waals surface area (Å²) < 4.78 is 2.50. The van der Waals surface area contributed by atoms with Gasteiger partial charge in [-0.15, -0.1) is 0 Å². The van der Waals surface area contributed by atoms with Crippen molar-refractivity contribution in [2.45, 2.75) is 44.8 Å². The molecule has 0 N–H and O–H groups in total. The molecule has 2 bridgehead atoms. The smallest absolute Gasteiger partial charge is 0.0341 e. The van der Waals surface area contributed by atoms with Crippen molar-refractivity contribution in [3.63, 3.8) is 0 Å². The van der Waals surface area contributed by atoms with Crippen LogP contribution in [0, 0.1) is 0 Å². The molecule has 12 heavy (non-hydrogen) atoms. The van der Waals surface area contributed by atoms with Crippen molar-refractivity contribution >= 4 is 22.9 Å². The summed E-state index contributed by atoms with van der Waals surface area (Å²) in [5.74, 6) is 0. The fourth-order valence-corrected chi connectivity index (χ4v) is 2.92. The maximum absolute atomic E-state index is 2.61. The van der Waals surface area contributed by atoms with Gasteiger partial charge in [-0.05, 0) is 27.2 Å². The summed E-state index contributed by atoms with van der Waals surface area (Å²) in [5, 5.41) is 0. The summed E-state index contributed by atoms with van der Waals surface area (Å²) in [5.41, 5.74) is 0.370. The standard InChI is InChI=1S/C9H17IN2/c1-9(2,3)11-5-7-4-8(6-11)12(7)10/h7-8H,4-6H2,1-3H3. The molecule has 3 aliphatic heterocycles. The van der Waals surface area contributed by atoms with Crippen molar-refractivity contribution in [1.82, 2.24) is 8.01 Å². The molecule has 2 nitrogen and oxygen atoms in total. The van der Waals surface area contributed by atoms with Crippen LogP contribution in [0.1, 0.15) is 27.2 Å². The molecule has 2 atom stereocenters. The molecule has 70 valence electrons. The van der Waals surface area contributed by atoms with Gasteiger partial charge in [0.2, 0.25) is 0 Å². The van der Waals surface area contributed by atoms with Crippen LogP contribution in [-0.2, 0) is 0 Å². The molecule has 0 aliphatic carbocycles. The maximum Gasteiger partial charge on any atom is 0.0341 e. The van der Waals surface area contributed by atoms with Crippen molar-refractivity contribution < 1.29 is 0 Å². The molecule has 0 aromatic rings. The average molecular weight is 280 g/mol. The van der Waals surface area contributed by atoms with E-state index in [0.717, 1.165) is 12.1 Å². The second kappa shape index (κ2) is 2.82. The highest BCUT2D eigenvalue weighted by atomic mass is 127. The predicted octanol–water partition coefficient (Wildman–Crippen LogP) is 1.89. The Kier molecular flexibility index (Phi) is 2.16. The average Bonchev–Trinajstić information content (AvgIpc) is 2.02. The first-order chi connectivity index (χ1) is 5.48. The lowest BCUT2D eigenvalue weighted by atomic mass is 9.88. The fourth-order valence-electron chi connectivity index (χ4n) is 2.11. The molecule has 2 unspecified atom stereocenters. The Hall–Kier alpha value is 0.650. The van der Waals surface area contributed by atoms with Crippen molar-refractivity contribution in [1.29, 1.82) is 0 Å². The van der Waals surface area contributed by atoms with Gasteiger partial charge in [-0.3, -0.25) is 4.90 Å². The number of nitrogens with zero attached hydrogens (tertiary/aromatic N) is 2. The Morgan fingerprint density at radius 3 is 2.00 bits per heavy atom. The third-order valence-corrected chi connectivity index (χ3v) is 4.63. The van der Waals surface area contributed by atoms with Gasteiger partial charge in [-0.25, -0.2) is 3.11 Å². The molecular weight excluding hydrogens is 263 g/mol. The number of hydrogen-bond donors (Lipinski definition) is 0. The van der Waals surface area contributed by atoms with Gasteiger partial charge < -0.3 is 0 Å². The zero-order chi connectivity index (χ0) is 8.93. The minimum atomic E-state index is 0.370. The van der Waals surface area contributed by atoms with Crippen molar-refractivity contribution in [3.05, 3.63) is 0 Å². The Balaban J connectivity index is 1.99. The molecule has 0 aromatic heterocycles. The molecule has 3 heterocycles. The summed E-state index contributed by atoms with van der Waals surface area (Å²) in [6.45, 7) is 9.48. The van der Waals surface area contributed by atoms with Gasteiger partial charge in [-0.2, -0.15) is 0 Å². The van der Waals surface area contributed by atoms with E-state index in [1.54, 1.807) is 0 Å². The van der Waals surface area contributed by atoms with Crippen molar-refractivity contribution in [2.75, 3.05) is 13.1 Å². The fraction of sp³-hybridized carbons (Fsp3) is 1.00. The van der Waals surface area contributed by atoms with Crippen LogP contribution in [0.15, 0.2) is 0 Å². The number of piperazine rings is 1. The molecule has 0 saturated carbocycles. The third-order valence-electron chi connectivity index (χ3n) is 3.05. The first-order valence-corrected chi connectivity index (χ1v) is 5.64. The first kappa shape index (κ1) is 9.21. The number of piperidine rings is 1. The van der Waals surface area contributed by atoms with E-state index in [1.807, 2.05) is 0 Å². The highest BCUT2D eigenvalue weighted by Gasteiger charge is 2.45. The summed E-state index contributed by atoms with van der Waals surface area (Å²) in [6, 6.07) is 1.67. The second-order valence-corrected chi connectivity index (χ2v) is 6.08. The van der Waals surface area contributed by atoms with Gasteiger partial charge in [0.1, 0.15) is 0 Å². The monoisotopic (exact) mass is 280 g/mol. The predicted molar refractivity (Wildman–Crippen MR) is 59.4 cm³/mol. The van der Waals surface area contributed by atoms with E-state index in [4.69, 9.17) is 0 Å². The van der Waals surface area contributed by atoms with Crippen molar-refractivity contribution in [2.24, 2.45) is 0 Å². The summed E-state index contributed by atoms with van der Waals surface area (Å²) in [6.07, 6.45) is 1.43. The number of fused-ring (bicyclic) bond motifs is 2. The van der Waals surface area contributed by atoms with E-state index in [1.165, 1.54) is 19.5 Å². The normalized spacial score (nSPS) is 38.0. The molecule has 3 saturated heterocycles. The van der Waals surface area contributed by atoms with Crippen LogP contribution >= 0.6 is 22.9 Å². The van der Waals surface area contributed by atoms with Gasteiger partial charge in [-0.1, -0.05) is 0 Å². The van der Waals surface area contributed by atoms with Crippen molar-refractivity contribution in [3.8, 4) is 0 Å². The van der Waals surface area contributed by atoms with Crippen LogP contribution in [0.3, 0.4) is 0 Å². The lowest BCUT2D eigenvalue weighted by Crippen LogP contribution is -2.67. The highest BCUT2D eigenvalue weighted by Crippen LogP contribution is 2.37. The van der Waals surface area contributed by atoms with Gasteiger partial charge >= 0.3 is 0 Å². The lowest BCUT2D eigenvalue weighted by molar-refractivity contribution is -0.0288. The van der Waals surface area contributed by atoms with E-state index in [0.29, 0.717) is 5.54 Å². The molecule has 0 amide bonds. The van der Waals surface area contributed by atoms with Crippen LogP contribution in [0.2, 0.25) is 0 Å². The van der Waals surface area contributed by atoms with E-state index >= 15 is 0 Å². The summed E-state index contributed by atoms with van der Waals surface area (Å²) >= 11 is 2.48. The first-order valence-electron chi connectivity index (χ1n) is 4.67. The Bertz CT molecular complexity index is 175. The zero-order valence-corrected chi connectivity index (χ0v) is 10.2. The number of rotatable bonds is 0. The van der Waals surface area contributed by atoms with E-state index in [2.05, 4.69) is 51.6 Å². The molecule has 3 fully saturated rings. The molecule has 0 radical (unpaired) electrons. The molecule has 3 rings (SSSR count). The van der Waals surface area contributed by atoms with E-state index < -0.39 is 0 Å². The molecule has 0 spiro atoms. The minimum Gasteiger partial charge on any atom is -0.295 e. The van der Waals surface area contributed by atoms with Gasteiger partial charge in [0.05, 0.1) is 0 Å². The maximum atomic E-state index is 2.61. The third kappa shape index (κ3) is 1.40. The minimum absolute atomic E-state index is 0.370. The van der Waals surface area contributed by atoms with Crippen LogP contribution in [0.25, 0.3) is 0 Å². The lowest BCUT2D eigenvalue weighted by Gasteiger charge is -2.56. The quantitative estimate of drug-likeness (QED) is 0.494. The van der Waals surface area contributed by atoms with E-state index in [9.17, 15) is 0 Å². The molecule has 3 aliphatic rings. The van der Waals surface area contributed by atoms with Gasteiger partial charge in [0.25, 0.3) is 0 Å². The molecular formula is C9H17IN2. The number of hydrogen-bond acceptors (Lipinski definition) is 2. The Morgan fingerprint density at radius 1 is 1.17 bits per heavy atom. The van der Waals surface area contributed by atoms with Gasteiger partial charge in [0.15, 0.2) is 0 Å². The topological polar surface area (TPSA) is 6.48 Å².